The Morgan fingerprint density at radius 1 is 0.450 bits per heavy atom. The van der Waals surface area contributed by atoms with Gasteiger partial charge in [-0.3, -0.25) is 0 Å². The summed E-state index contributed by atoms with van der Waals surface area (Å²) in [5.74, 6) is 0.672. The molecule has 1 aliphatic carbocycles. The lowest BCUT2D eigenvalue weighted by Crippen LogP contribution is -2.03. The van der Waals surface area contributed by atoms with Crippen LogP contribution in [0, 0.1) is 0 Å². The van der Waals surface area contributed by atoms with E-state index >= 15 is 0 Å². The Labute approximate surface area is 347 Å². The van der Waals surface area contributed by atoms with Crippen LogP contribution in [0.2, 0.25) is 0 Å². The fourth-order valence-corrected chi connectivity index (χ4v) is 9.26. The molecule has 0 spiro atoms. The topological polar surface area (TPSA) is 43.9 Å². The average Bonchev–Trinajstić information content (AvgIpc) is 3.86. The van der Waals surface area contributed by atoms with Crippen LogP contribution >= 0.6 is 0 Å². The van der Waals surface area contributed by atoms with E-state index in [4.69, 9.17) is 14.4 Å². The van der Waals surface area contributed by atoms with E-state index in [9.17, 15) is 0 Å². The molecule has 0 saturated heterocycles. The number of aromatic nitrogens is 3. The Kier molecular flexibility index (Phi) is 7.95. The second kappa shape index (κ2) is 13.9. The van der Waals surface area contributed by atoms with Crippen molar-refractivity contribution in [2.75, 3.05) is 0 Å². The van der Waals surface area contributed by atoms with Gasteiger partial charge < -0.3 is 8.98 Å². The highest BCUT2D eigenvalue weighted by atomic mass is 16.3. The number of furan rings is 1. The third kappa shape index (κ3) is 5.68. The summed E-state index contributed by atoms with van der Waals surface area (Å²) in [6.45, 7) is 0. The third-order valence-electron chi connectivity index (χ3n) is 12.2. The van der Waals surface area contributed by atoms with Crippen molar-refractivity contribution in [2.24, 2.45) is 0 Å². The highest BCUT2D eigenvalue weighted by molar-refractivity contribution is 6.13. The van der Waals surface area contributed by atoms with Crippen LogP contribution in [-0.4, -0.2) is 14.5 Å². The van der Waals surface area contributed by atoms with Crippen molar-refractivity contribution in [1.29, 1.82) is 0 Å². The minimum absolute atomic E-state index is 0.672. The molecule has 60 heavy (non-hydrogen) atoms. The minimum Gasteiger partial charge on any atom is -0.456 e. The summed E-state index contributed by atoms with van der Waals surface area (Å²) in [4.78, 5) is 10.5. The van der Waals surface area contributed by atoms with Crippen LogP contribution in [0.1, 0.15) is 23.2 Å². The molecule has 12 rings (SSSR count). The molecule has 4 heteroatoms. The number of hydrogen-bond acceptors (Lipinski definition) is 3. The number of nitrogens with zero attached hydrogens (tertiary/aromatic N) is 3. The quantitative estimate of drug-likeness (QED) is 0.169. The molecule has 4 nitrogen and oxygen atoms in total. The Bertz CT molecular complexity index is 3450. The number of hydrogen-bond donors (Lipinski definition) is 0. The van der Waals surface area contributed by atoms with E-state index in [1.165, 1.54) is 55.6 Å². The van der Waals surface area contributed by atoms with Gasteiger partial charge in [-0.25, -0.2) is 9.97 Å². The molecular formula is C56H37N3O. The van der Waals surface area contributed by atoms with Gasteiger partial charge in [-0.05, 0) is 88.2 Å². The van der Waals surface area contributed by atoms with Crippen molar-refractivity contribution in [3.05, 3.63) is 211 Å². The summed E-state index contributed by atoms with van der Waals surface area (Å²) in [6, 6.07) is 68.7. The number of fused-ring (bicyclic) bond motifs is 7. The Morgan fingerprint density at radius 3 is 1.88 bits per heavy atom. The van der Waals surface area contributed by atoms with Crippen molar-refractivity contribution in [3.8, 4) is 50.6 Å². The van der Waals surface area contributed by atoms with Crippen LogP contribution in [0.4, 0.5) is 0 Å². The van der Waals surface area contributed by atoms with Crippen LogP contribution in [0.3, 0.4) is 0 Å². The zero-order valence-corrected chi connectivity index (χ0v) is 32.7. The molecule has 0 bridgehead atoms. The SMILES string of the molecule is C1=C(c2ccccc2)CCc2c1n(-c1ccc3c(c1)oc1cccc(-c4nc(-c5ccc(-c6ccccc6)cc5)c5ccccc5n4)c13)c1cc(-c3ccccc3)ccc21. The molecule has 8 aromatic carbocycles. The van der Waals surface area contributed by atoms with Gasteiger partial charge in [-0.1, -0.05) is 158 Å². The summed E-state index contributed by atoms with van der Waals surface area (Å²) in [5.41, 5.74) is 17.7. The number of benzene rings is 8. The molecule has 0 radical (unpaired) electrons. The van der Waals surface area contributed by atoms with E-state index in [0.29, 0.717) is 5.82 Å². The lowest BCUT2D eigenvalue weighted by molar-refractivity contribution is 0.668. The van der Waals surface area contributed by atoms with Gasteiger partial charge in [0, 0.05) is 44.4 Å². The molecule has 0 unspecified atom stereocenters. The fraction of sp³-hybridized carbons (Fsp3) is 0.0357. The van der Waals surface area contributed by atoms with Gasteiger partial charge in [0.05, 0.1) is 22.4 Å². The Balaban J connectivity index is 1.02. The highest BCUT2D eigenvalue weighted by Crippen LogP contribution is 2.42. The second-order valence-corrected chi connectivity index (χ2v) is 15.7. The molecule has 11 aromatic rings. The minimum atomic E-state index is 0.672. The molecule has 0 saturated carbocycles. The van der Waals surface area contributed by atoms with E-state index in [1.807, 2.05) is 18.2 Å². The van der Waals surface area contributed by atoms with Gasteiger partial charge in [-0.15, -0.1) is 0 Å². The zero-order chi connectivity index (χ0) is 39.6. The molecule has 0 fully saturated rings. The predicted molar refractivity (Wildman–Crippen MR) is 248 cm³/mol. The first-order valence-corrected chi connectivity index (χ1v) is 20.6. The molecule has 0 atom stereocenters. The summed E-state index contributed by atoms with van der Waals surface area (Å²) in [5, 5.41) is 4.35. The predicted octanol–water partition coefficient (Wildman–Crippen LogP) is 14.6. The molecule has 3 aromatic heterocycles. The lowest BCUT2D eigenvalue weighted by Gasteiger charge is -2.17. The molecule has 282 valence electrons. The normalized spacial score (nSPS) is 12.6. The first kappa shape index (κ1) is 34.2. The van der Waals surface area contributed by atoms with Crippen LogP contribution < -0.4 is 0 Å². The Morgan fingerprint density at radius 2 is 1.10 bits per heavy atom. The molecule has 3 heterocycles. The van der Waals surface area contributed by atoms with Gasteiger partial charge in [0.1, 0.15) is 11.2 Å². The van der Waals surface area contributed by atoms with Crippen LogP contribution in [0.15, 0.2) is 199 Å². The lowest BCUT2D eigenvalue weighted by atomic mass is 9.91. The summed E-state index contributed by atoms with van der Waals surface area (Å²) in [6.07, 6.45) is 4.38. The summed E-state index contributed by atoms with van der Waals surface area (Å²) >= 11 is 0. The van der Waals surface area contributed by atoms with Gasteiger partial charge in [0.25, 0.3) is 0 Å². The third-order valence-corrected chi connectivity index (χ3v) is 12.2. The fourth-order valence-electron chi connectivity index (χ4n) is 9.26. The van der Waals surface area contributed by atoms with Gasteiger partial charge in [-0.2, -0.15) is 0 Å². The van der Waals surface area contributed by atoms with Crippen molar-refractivity contribution in [2.45, 2.75) is 12.8 Å². The number of rotatable bonds is 6. The molecular weight excluding hydrogens is 731 g/mol. The maximum atomic E-state index is 6.77. The van der Waals surface area contributed by atoms with E-state index in [1.54, 1.807) is 0 Å². The zero-order valence-electron chi connectivity index (χ0n) is 32.7. The Hall–Kier alpha value is -7.82. The maximum absolute atomic E-state index is 6.77. The largest absolute Gasteiger partial charge is 0.456 e. The number of aryl methyl sites for hydroxylation is 1. The first-order valence-electron chi connectivity index (χ1n) is 20.6. The second-order valence-electron chi connectivity index (χ2n) is 15.7. The first-order chi connectivity index (χ1) is 29.7. The van der Waals surface area contributed by atoms with Crippen molar-refractivity contribution < 1.29 is 4.42 Å². The average molecular weight is 768 g/mol. The van der Waals surface area contributed by atoms with Gasteiger partial charge >= 0.3 is 0 Å². The monoisotopic (exact) mass is 767 g/mol. The standard InChI is InChI=1S/C56H37N3O/c1-4-13-36(14-5-1)39-23-25-40(26-24-39)55-46-19-10-11-21-49(46)57-56(58-55)48-20-12-22-52-54(48)47-32-29-43(35-53(47)60-52)59-50-33-41(37-15-6-2-7-16-37)27-30-44(50)45-31-28-42(34-51(45)59)38-17-8-3-9-18-38/h1-27,29-30,32-35H,28,31H2. The molecule has 0 amide bonds. The highest BCUT2D eigenvalue weighted by Gasteiger charge is 2.24. The van der Waals surface area contributed by atoms with E-state index in [-0.39, 0.29) is 0 Å². The molecule has 1 aliphatic rings. The van der Waals surface area contributed by atoms with E-state index < -0.39 is 0 Å². The van der Waals surface area contributed by atoms with Crippen molar-refractivity contribution in [1.82, 2.24) is 14.5 Å². The van der Waals surface area contributed by atoms with Crippen molar-refractivity contribution in [3.63, 3.8) is 0 Å². The summed E-state index contributed by atoms with van der Waals surface area (Å²) < 4.78 is 9.21. The van der Waals surface area contributed by atoms with E-state index in [0.717, 1.165) is 68.2 Å². The van der Waals surface area contributed by atoms with Gasteiger partial charge in [0.2, 0.25) is 0 Å². The molecule has 0 aliphatic heterocycles. The smallest absolute Gasteiger partial charge is 0.161 e. The van der Waals surface area contributed by atoms with Crippen LogP contribution in [0.5, 0.6) is 0 Å². The van der Waals surface area contributed by atoms with Gasteiger partial charge in [0.15, 0.2) is 5.82 Å². The van der Waals surface area contributed by atoms with Crippen molar-refractivity contribution >= 4 is 55.4 Å². The molecule has 0 N–H and O–H groups in total. The summed E-state index contributed by atoms with van der Waals surface area (Å²) in [7, 11) is 0. The number of allylic oxidation sites excluding steroid dienone is 1. The van der Waals surface area contributed by atoms with Crippen LogP contribution in [-0.2, 0) is 6.42 Å². The number of para-hydroxylation sites is 1. The van der Waals surface area contributed by atoms with Crippen LogP contribution in [0.25, 0.3) is 106 Å². The van der Waals surface area contributed by atoms with E-state index in [2.05, 4.69) is 187 Å². The maximum Gasteiger partial charge on any atom is 0.161 e.